The lowest BCUT2D eigenvalue weighted by molar-refractivity contribution is -0.117. The molecule has 0 aromatic heterocycles. The van der Waals surface area contributed by atoms with Gasteiger partial charge in [0.1, 0.15) is 21.2 Å². The summed E-state index contributed by atoms with van der Waals surface area (Å²) in [5, 5.41) is 5.38. The quantitative estimate of drug-likeness (QED) is 0.241. The zero-order valence-corrected chi connectivity index (χ0v) is 30.6. The fourth-order valence-electron chi connectivity index (χ4n) is 4.67. The number of benzene rings is 3. The van der Waals surface area contributed by atoms with Gasteiger partial charge in [0.05, 0.1) is 32.2 Å². The lowest BCUT2D eigenvalue weighted by atomic mass is 10.1. The Kier molecular flexibility index (Phi) is 11.1. The molecule has 4 amide bonds. The molecule has 4 rings (SSSR count). The van der Waals surface area contributed by atoms with Crippen LogP contribution in [0.2, 0.25) is 15.1 Å². The van der Waals surface area contributed by atoms with Crippen molar-refractivity contribution in [3.63, 3.8) is 0 Å². The zero-order valence-electron chi connectivity index (χ0n) is 26.8. The fraction of sp³-hybridized carbons (Fsp3) is 0.333. The van der Waals surface area contributed by atoms with Gasteiger partial charge in [0.2, 0.25) is 5.91 Å². The third kappa shape index (κ3) is 8.88. The first-order chi connectivity index (χ1) is 22.5. The van der Waals surface area contributed by atoms with E-state index in [1.54, 1.807) is 18.2 Å². The van der Waals surface area contributed by atoms with Crippen molar-refractivity contribution in [3.8, 4) is 0 Å². The molecule has 49 heavy (non-hydrogen) atoms. The highest BCUT2D eigenvalue weighted by Crippen LogP contribution is 2.65. The first-order valence-electron chi connectivity index (χ1n) is 14.5. The summed E-state index contributed by atoms with van der Waals surface area (Å²) in [6.45, 7) is 8.93. The molecule has 0 radical (unpaired) electrons. The minimum absolute atomic E-state index is 0.0663. The van der Waals surface area contributed by atoms with Crippen molar-refractivity contribution in [2.45, 2.75) is 63.0 Å². The second-order valence-corrected chi connectivity index (χ2v) is 15.7. The van der Waals surface area contributed by atoms with Crippen molar-refractivity contribution in [2.75, 3.05) is 15.5 Å². The number of nitrogens with zero attached hydrogens (tertiary/aromatic N) is 1. The predicted molar refractivity (Wildman–Crippen MR) is 186 cm³/mol. The monoisotopic (exact) mass is 777 g/mol. The highest BCUT2D eigenvalue weighted by Gasteiger charge is 2.67. The summed E-state index contributed by atoms with van der Waals surface area (Å²) in [6.07, 6.45) is -2.85. The van der Waals surface area contributed by atoms with E-state index >= 15 is 8.78 Å². The van der Waals surface area contributed by atoms with E-state index in [9.17, 15) is 19.2 Å². The van der Waals surface area contributed by atoms with E-state index in [0.717, 1.165) is 12.1 Å². The molecule has 2 N–H and O–H groups in total. The van der Waals surface area contributed by atoms with Crippen molar-refractivity contribution >= 4 is 99.1 Å². The van der Waals surface area contributed by atoms with Gasteiger partial charge in [-0.2, -0.15) is 4.90 Å². The zero-order chi connectivity index (χ0) is 36.8. The van der Waals surface area contributed by atoms with E-state index in [1.807, 2.05) is 0 Å². The maximum absolute atomic E-state index is 15.9. The molecule has 3 aromatic carbocycles. The summed E-state index contributed by atoms with van der Waals surface area (Å²) >= 11 is 31.3. The van der Waals surface area contributed by atoms with Gasteiger partial charge in [-0.05, 0) is 89.6 Å². The Hall–Kier alpha value is -3.35. The van der Waals surface area contributed by atoms with E-state index in [1.165, 1.54) is 59.7 Å². The number of hydrogen-bond acceptors (Lipinski definition) is 6. The van der Waals surface area contributed by atoms with E-state index in [-0.39, 0.29) is 26.2 Å². The van der Waals surface area contributed by atoms with Crippen LogP contribution in [-0.4, -0.2) is 39.5 Å². The summed E-state index contributed by atoms with van der Waals surface area (Å²) in [5.74, 6) is -5.89. The Morgan fingerprint density at radius 3 is 1.90 bits per heavy atom. The summed E-state index contributed by atoms with van der Waals surface area (Å²) in [4.78, 5) is 52.7. The number of anilines is 3. The number of ether oxygens (including phenoxy) is 2. The predicted octanol–water partition coefficient (Wildman–Crippen LogP) is 10.4. The standard InChI is InChI=1S/C33H30Cl5F2N3O6/c1-31(2,3)48-29(46)43(30(47)49-32(4,5)6)26-21(39)11-12-22(25(26)40)42-27(44)17-14-16(8-10-18(17)34)41-28(45)24-23(33(24,37)38)15-7-9-19(35)20(36)13-15/h7-14,23-24H,1-6H3,(H,41,45)(H,42,44)/t23?,24-/m1/s1. The molecule has 0 bridgehead atoms. The van der Waals surface area contributed by atoms with Crippen molar-refractivity contribution in [1.29, 1.82) is 0 Å². The molecule has 16 heteroatoms. The fourth-order valence-corrected chi connectivity index (χ4v) is 6.01. The normalized spacial score (nSPS) is 16.8. The maximum atomic E-state index is 15.9. The number of carbonyl (C=O) groups excluding carboxylic acids is 4. The topological polar surface area (TPSA) is 114 Å². The van der Waals surface area contributed by atoms with Gasteiger partial charge in [0.15, 0.2) is 11.6 Å². The Morgan fingerprint density at radius 1 is 0.776 bits per heavy atom. The van der Waals surface area contributed by atoms with Crippen LogP contribution in [0.5, 0.6) is 0 Å². The molecule has 0 spiro atoms. The Balaban J connectivity index is 1.60. The number of hydrogen-bond donors (Lipinski definition) is 2. The van der Waals surface area contributed by atoms with E-state index in [0.29, 0.717) is 10.6 Å². The lowest BCUT2D eigenvalue weighted by Gasteiger charge is -2.29. The second kappa shape index (κ2) is 14.1. The van der Waals surface area contributed by atoms with Crippen LogP contribution < -0.4 is 15.5 Å². The average molecular weight is 780 g/mol. The van der Waals surface area contributed by atoms with Crippen molar-refractivity contribution in [2.24, 2.45) is 5.92 Å². The van der Waals surface area contributed by atoms with Gasteiger partial charge in [0, 0.05) is 11.6 Å². The molecule has 9 nitrogen and oxygen atoms in total. The van der Waals surface area contributed by atoms with Crippen molar-refractivity contribution < 1.29 is 37.4 Å². The lowest BCUT2D eigenvalue weighted by Crippen LogP contribution is -2.44. The van der Waals surface area contributed by atoms with Crippen LogP contribution >= 0.6 is 58.0 Å². The molecule has 1 aliphatic rings. The minimum Gasteiger partial charge on any atom is -0.443 e. The molecule has 0 saturated heterocycles. The molecule has 1 fully saturated rings. The number of imide groups is 1. The van der Waals surface area contributed by atoms with Crippen LogP contribution in [-0.2, 0) is 14.3 Å². The number of alkyl halides is 2. The van der Waals surface area contributed by atoms with Gasteiger partial charge in [-0.25, -0.2) is 18.4 Å². The van der Waals surface area contributed by atoms with Crippen LogP contribution in [0.1, 0.15) is 63.4 Å². The molecule has 262 valence electrons. The number of rotatable bonds is 6. The smallest absolute Gasteiger partial charge is 0.424 e. The van der Waals surface area contributed by atoms with Crippen LogP contribution in [0.3, 0.4) is 0 Å². The molecule has 1 aliphatic carbocycles. The third-order valence-electron chi connectivity index (χ3n) is 6.81. The van der Waals surface area contributed by atoms with Gasteiger partial charge in [-0.15, -0.1) is 23.2 Å². The van der Waals surface area contributed by atoms with E-state index in [2.05, 4.69) is 10.6 Å². The van der Waals surface area contributed by atoms with Gasteiger partial charge >= 0.3 is 12.2 Å². The van der Waals surface area contributed by atoms with Gasteiger partial charge < -0.3 is 20.1 Å². The average Bonchev–Trinajstić information content (AvgIpc) is 3.54. The molecule has 0 heterocycles. The van der Waals surface area contributed by atoms with Crippen LogP contribution in [0.15, 0.2) is 48.5 Å². The van der Waals surface area contributed by atoms with Gasteiger partial charge in [0.25, 0.3) is 5.91 Å². The van der Waals surface area contributed by atoms with Crippen molar-refractivity contribution in [1.82, 2.24) is 0 Å². The maximum Gasteiger partial charge on any atom is 0.424 e. The Morgan fingerprint density at radius 2 is 1.35 bits per heavy atom. The molecule has 1 saturated carbocycles. The van der Waals surface area contributed by atoms with Crippen LogP contribution in [0, 0.1) is 17.6 Å². The van der Waals surface area contributed by atoms with Crippen LogP contribution in [0.25, 0.3) is 0 Å². The SMILES string of the molecule is CC(C)(C)OC(=O)N(C(=O)OC(C)(C)C)c1c(F)ccc(NC(=O)c2cc(NC(=O)[C@H]3C(c4ccc(Cl)c(Cl)c4)C3(Cl)Cl)ccc2Cl)c1F. The van der Waals surface area contributed by atoms with Gasteiger partial charge in [-0.1, -0.05) is 40.9 Å². The highest BCUT2D eigenvalue weighted by molar-refractivity contribution is 6.53. The van der Waals surface area contributed by atoms with E-state index in [4.69, 9.17) is 67.5 Å². The van der Waals surface area contributed by atoms with Crippen molar-refractivity contribution in [3.05, 3.63) is 86.4 Å². The Bertz CT molecular complexity index is 1820. The molecule has 2 atom stereocenters. The number of carbonyl (C=O) groups is 4. The molecule has 1 unspecified atom stereocenters. The molecule has 0 aliphatic heterocycles. The molecule has 3 aromatic rings. The first-order valence-corrected chi connectivity index (χ1v) is 16.4. The first kappa shape index (κ1) is 38.5. The summed E-state index contributed by atoms with van der Waals surface area (Å²) in [6, 6.07) is 10.3. The largest absolute Gasteiger partial charge is 0.443 e. The molecular formula is C33H30Cl5F2N3O6. The summed E-state index contributed by atoms with van der Waals surface area (Å²) < 4.78 is 40.1. The summed E-state index contributed by atoms with van der Waals surface area (Å²) in [7, 11) is 0. The number of amides is 4. The highest BCUT2D eigenvalue weighted by atomic mass is 35.5. The minimum atomic E-state index is -1.49. The summed E-state index contributed by atoms with van der Waals surface area (Å²) in [5.41, 5.74) is -3.61. The number of halogens is 7. The number of nitrogens with one attached hydrogen (secondary N) is 2. The van der Waals surface area contributed by atoms with Crippen LogP contribution in [0.4, 0.5) is 35.4 Å². The molecular weight excluding hydrogens is 750 g/mol. The second-order valence-electron chi connectivity index (χ2n) is 13.0. The third-order valence-corrected chi connectivity index (χ3v) is 8.82. The Labute approximate surface area is 306 Å². The van der Waals surface area contributed by atoms with E-state index < -0.39 is 74.4 Å². The van der Waals surface area contributed by atoms with Gasteiger partial charge in [-0.3, -0.25) is 9.59 Å².